The largest absolute Gasteiger partial charge is 0.390 e. The van der Waals surface area contributed by atoms with Gasteiger partial charge >= 0.3 is 0 Å². The maximum Gasteiger partial charge on any atom is 0.166 e. The molecule has 23 heavy (non-hydrogen) atoms. The SMILES string of the molecule is C#CCn1cnc2c(N)nc(CCC3CC4CCC3(O)C4)nc21. The van der Waals surface area contributed by atoms with E-state index in [4.69, 9.17) is 12.2 Å². The molecular formula is C17H21N5O. The van der Waals surface area contributed by atoms with Crippen molar-refractivity contribution in [1.29, 1.82) is 0 Å². The van der Waals surface area contributed by atoms with E-state index in [2.05, 4.69) is 20.9 Å². The second-order valence-electron chi connectivity index (χ2n) is 6.96. The Labute approximate surface area is 135 Å². The van der Waals surface area contributed by atoms with Crippen LogP contribution in [-0.4, -0.2) is 30.2 Å². The summed E-state index contributed by atoms with van der Waals surface area (Å²) in [6.45, 7) is 0.413. The molecule has 3 atom stereocenters. The van der Waals surface area contributed by atoms with Gasteiger partial charge in [0.2, 0.25) is 0 Å². The molecule has 2 saturated carbocycles. The molecular weight excluding hydrogens is 290 g/mol. The van der Waals surface area contributed by atoms with E-state index in [1.807, 2.05) is 4.57 Å². The molecule has 2 aromatic heterocycles. The molecule has 2 aromatic rings. The summed E-state index contributed by atoms with van der Waals surface area (Å²) >= 11 is 0. The average molecular weight is 311 g/mol. The summed E-state index contributed by atoms with van der Waals surface area (Å²) in [5.41, 5.74) is 6.85. The van der Waals surface area contributed by atoms with E-state index in [1.54, 1.807) is 6.33 Å². The summed E-state index contributed by atoms with van der Waals surface area (Å²) in [6.07, 6.45) is 12.9. The van der Waals surface area contributed by atoms with Gasteiger partial charge in [-0.1, -0.05) is 5.92 Å². The van der Waals surface area contributed by atoms with Gasteiger partial charge in [-0.3, -0.25) is 0 Å². The third-order valence-electron chi connectivity index (χ3n) is 5.52. The minimum Gasteiger partial charge on any atom is -0.390 e. The minimum absolute atomic E-state index is 0.359. The standard InChI is InChI=1S/C17H21N5O/c1-2-7-22-10-19-14-15(18)20-13(21-16(14)22)4-3-12-8-11-5-6-17(12,23)9-11/h1,10-12,23H,3-9H2,(H2,18,20,21). The Balaban J connectivity index is 1.55. The number of anilines is 1. The lowest BCUT2D eigenvalue weighted by Crippen LogP contribution is -2.32. The van der Waals surface area contributed by atoms with Gasteiger partial charge in [-0.2, -0.15) is 0 Å². The highest BCUT2D eigenvalue weighted by molar-refractivity contribution is 5.81. The molecule has 3 N–H and O–H groups in total. The van der Waals surface area contributed by atoms with E-state index < -0.39 is 5.60 Å². The molecule has 3 unspecified atom stereocenters. The molecule has 2 aliphatic rings. The second-order valence-corrected chi connectivity index (χ2v) is 6.96. The predicted octanol–water partition coefficient (Wildman–Crippen LogP) is 1.53. The first-order chi connectivity index (χ1) is 11.1. The van der Waals surface area contributed by atoms with Crippen molar-refractivity contribution in [3.63, 3.8) is 0 Å². The van der Waals surface area contributed by atoms with Gasteiger partial charge in [-0.15, -0.1) is 6.42 Å². The van der Waals surface area contributed by atoms with E-state index in [0.717, 1.165) is 32.1 Å². The van der Waals surface area contributed by atoms with Crippen molar-refractivity contribution in [3.05, 3.63) is 12.2 Å². The molecule has 0 amide bonds. The fourth-order valence-electron chi connectivity index (χ4n) is 4.38. The first-order valence-electron chi connectivity index (χ1n) is 8.22. The molecule has 120 valence electrons. The van der Waals surface area contributed by atoms with Crippen LogP contribution in [0.3, 0.4) is 0 Å². The van der Waals surface area contributed by atoms with E-state index in [1.165, 1.54) is 6.42 Å². The van der Waals surface area contributed by atoms with Crippen LogP contribution >= 0.6 is 0 Å². The number of nitrogen functional groups attached to an aromatic ring is 1. The number of hydrogen-bond acceptors (Lipinski definition) is 5. The molecule has 2 fully saturated rings. The highest BCUT2D eigenvalue weighted by Crippen LogP contribution is 2.52. The summed E-state index contributed by atoms with van der Waals surface area (Å²) in [4.78, 5) is 13.2. The van der Waals surface area contributed by atoms with Crippen molar-refractivity contribution in [2.75, 3.05) is 5.73 Å². The number of fused-ring (bicyclic) bond motifs is 3. The van der Waals surface area contributed by atoms with Gasteiger partial charge in [-0.25, -0.2) is 15.0 Å². The normalized spacial score (nSPS) is 29.2. The number of aryl methyl sites for hydroxylation is 1. The number of terminal acetylenes is 1. The molecule has 6 nitrogen and oxygen atoms in total. The van der Waals surface area contributed by atoms with Crippen LogP contribution in [0.1, 0.15) is 37.9 Å². The van der Waals surface area contributed by atoms with Crippen LogP contribution in [-0.2, 0) is 13.0 Å². The quantitative estimate of drug-likeness (QED) is 0.836. The van der Waals surface area contributed by atoms with E-state index in [-0.39, 0.29) is 0 Å². The molecule has 4 rings (SSSR count). The van der Waals surface area contributed by atoms with Crippen LogP contribution in [0.15, 0.2) is 6.33 Å². The zero-order chi connectivity index (χ0) is 16.0. The monoisotopic (exact) mass is 311 g/mol. The van der Waals surface area contributed by atoms with Gasteiger partial charge in [0.15, 0.2) is 11.5 Å². The fourth-order valence-corrected chi connectivity index (χ4v) is 4.38. The molecule has 0 radical (unpaired) electrons. The summed E-state index contributed by atoms with van der Waals surface area (Å²) in [6, 6.07) is 0. The Morgan fingerprint density at radius 2 is 2.35 bits per heavy atom. The van der Waals surface area contributed by atoms with Gasteiger partial charge in [0.1, 0.15) is 11.3 Å². The maximum atomic E-state index is 10.7. The van der Waals surface area contributed by atoms with Gasteiger partial charge in [-0.05, 0) is 43.9 Å². The lowest BCUT2D eigenvalue weighted by atomic mass is 9.82. The van der Waals surface area contributed by atoms with Crippen molar-refractivity contribution in [1.82, 2.24) is 19.5 Å². The zero-order valence-electron chi connectivity index (χ0n) is 13.1. The maximum absolute atomic E-state index is 10.7. The lowest BCUT2D eigenvalue weighted by molar-refractivity contribution is -0.00122. The summed E-state index contributed by atoms with van der Waals surface area (Å²) in [5, 5.41) is 10.7. The van der Waals surface area contributed by atoms with Crippen LogP contribution in [0.25, 0.3) is 11.2 Å². The molecule has 0 aliphatic heterocycles. The van der Waals surface area contributed by atoms with Gasteiger partial charge in [0.25, 0.3) is 0 Å². The van der Waals surface area contributed by atoms with Crippen LogP contribution in [0.4, 0.5) is 5.82 Å². The van der Waals surface area contributed by atoms with Crippen molar-refractivity contribution in [3.8, 4) is 12.3 Å². The lowest BCUT2D eigenvalue weighted by Gasteiger charge is -2.29. The molecule has 0 aromatic carbocycles. The van der Waals surface area contributed by atoms with E-state index in [9.17, 15) is 5.11 Å². The Morgan fingerprint density at radius 1 is 1.48 bits per heavy atom. The van der Waals surface area contributed by atoms with Crippen molar-refractivity contribution in [2.24, 2.45) is 11.8 Å². The number of rotatable bonds is 4. The fraction of sp³-hybridized carbons (Fsp3) is 0.588. The summed E-state index contributed by atoms with van der Waals surface area (Å²) in [5.74, 6) is 4.76. The number of nitrogens with zero attached hydrogens (tertiary/aromatic N) is 4. The number of aliphatic hydroxyl groups is 1. The van der Waals surface area contributed by atoms with Crippen LogP contribution in [0.2, 0.25) is 0 Å². The Morgan fingerprint density at radius 3 is 3.04 bits per heavy atom. The highest BCUT2D eigenvalue weighted by Gasteiger charge is 2.50. The zero-order valence-corrected chi connectivity index (χ0v) is 13.1. The first kappa shape index (κ1) is 14.5. The van der Waals surface area contributed by atoms with Gasteiger partial charge in [0, 0.05) is 6.42 Å². The van der Waals surface area contributed by atoms with Gasteiger partial charge in [0.05, 0.1) is 18.5 Å². The minimum atomic E-state index is -0.453. The van der Waals surface area contributed by atoms with Crippen LogP contribution < -0.4 is 5.73 Å². The van der Waals surface area contributed by atoms with E-state index >= 15 is 0 Å². The van der Waals surface area contributed by atoms with Crippen molar-refractivity contribution in [2.45, 2.75) is 50.7 Å². The molecule has 0 saturated heterocycles. The third kappa shape index (κ3) is 2.36. The number of imidazole rings is 1. The van der Waals surface area contributed by atoms with Crippen molar-refractivity contribution < 1.29 is 5.11 Å². The summed E-state index contributed by atoms with van der Waals surface area (Å²) < 4.78 is 1.81. The topological polar surface area (TPSA) is 89.9 Å². The molecule has 0 spiro atoms. The Kier molecular flexibility index (Phi) is 3.27. The average Bonchev–Trinajstić information content (AvgIpc) is 3.18. The number of hydrogen-bond donors (Lipinski definition) is 2. The molecule has 6 heteroatoms. The molecule has 2 heterocycles. The van der Waals surface area contributed by atoms with Crippen LogP contribution in [0.5, 0.6) is 0 Å². The first-order valence-corrected chi connectivity index (χ1v) is 8.22. The Hall–Kier alpha value is -2.13. The van der Waals surface area contributed by atoms with Crippen LogP contribution in [0, 0.1) is 24.2 Å². The summed E-state index contributed by atoms with van der Waals surface area (Å²) in [7, 11) is 0. The molecule has 2 bridgehead atoms. The highest BCUT2D eigenvalue weighted by atomic mass is 16.3. The van der Waals surface area contributed by atoms with Gasteiger partial charge < -0.3 is 15.4 Å². The number of nitrogens with two attached hydrogens (primary N) is 1. The molecule has 2 aliphatic carbocycles. The third-order valence-corrected chi connectivity index (χ3v) is 5.52. The smallest absolute Gasteiger partial charge is 0.166 e. The number of aromatic nitrogens is 4. The van der Waals surface area contributed by atoms with Crippen molar-refractivity contribution >= 4 is 17.0 Å². The van der Waals surface area contributed by atoms with E-state index in [0.29, 0.717) is 41.2 Å². The second kappa shape index (κ2) is 5.20. The Bertz CT molecular complexity index is 792. The predicted molar refractivity (Wildman–Crippen MR) is 87.3 cm³/mol.